The minimum absolute atomic E-state index is 0.133. The zero-order valence-corrected chi connectivity index (χ0v) is 11.0. The minimum Gasteiger partial charge on any atom is -0.461 e. The van der Waals surface area contributed by atoms with E-state index in [1.165, 1.54) is 19.1 Å². The zero-order valence-electron chi connectivity index (χ0n) is 9.46. The van der Waals surface area contributed by atoms with Gasteiger partial charge in [-0.15, -0.1) is 0 Å². The smallest absolute Gasteiger partial charge is 0.354 e. The van der Waals surface area contributed by atoms with Crippen molar-refractivity contribution in [2.75, 3.05) is 12.0 Å². The Balaban J connectivity index is 2.72. The van der Waals surface area contributed by atoms with E-state index < -0.39 is 11.8 Å². The average Bonchev–Trinajstić information content (AvgIpc) is 2.27. The van der Waals surface area contributed by atoms with E-state index in [4.69, 9.17) is 4.74 Å². The fourth-order valence-corrected chi connectivity index (χ4v) is 1.34. The summed E-state index contributed by atoms with van der Waals surface area (Å²) >= 11 is 3.14. The number of nitrogens with one attached hydrogen (secondary N) is 1. The lowest BCUT2D eigenvalue weighted by atomic mass is 10.3. The Bertz CT molecular complexity index is 449. The van der Waals surface area contributed by atoms with Gasteiger partial charge in [-0.25, -0.2) is 9.18 Å². The number of nitrogens with zero attached hydrogens (tertiary/aromatic N) is 1. The number of esters is 1. The van der Waals surface area contributed by atoms with Gasteiger partial charge in [-0.2, -0.15) is 5.10 Å². The van der Waals surface area contributed by atoms with Gasteiger partial charge in [0.15, 0.2) is 0 Å². The second-order valence-corrected chi connectivity index (χ2v) is 4.07. The first-order valence-electron chi connectivity index (χ1n) is 4.97. The Kier molecular flexibility index (Phi) is 5.09. The summed E-state index contributed by atoms with van der Waals surface area (Å²) in [7, 11) is 0. The van der Waals surface area contributed by atoms with Crippen LogP contribution in [0.3, 0.4) is 0 Å². The number of carbonyl (C=O) groups is 1. The molecule has 0 aliphatic carbocycles. The second kappa shape index (κ2) is 6.34. The molecule has 0 atom stereocenters. The van der Waals surface area contributed by atoms with E-state index in [-0.39, 0.29) is 18.0 Å². The van der Waals surface area contributed by atoms with Crippen molar-refractivity contribution >= 4 is 33.3 Å². The van der Waals surface area contributed by atoms with Crippen LogP contribution in [0.15, 0.2) is 27.8 Å². The Morgan fingerprint density at radius 2 is 2.29 bits per heavy atom. The van der Waals surface area contributed by atoms with Gasteiger partial charge in [0.05, 0.1) is 12.3 Å². The van der Waals surface area contributed by atoms with Crippen LogP contribution in [-0.4, -0.2) is 18.3 Å². The van der Waals surface area contributed by atoms with Gasteiger partial charge in [0.2, 0.25) is 0 Å². The van der Waals surface area contributed by atoms with Crippen LogP contribution in [0.5, 0.6) is 0 Å². The van der Waals surface area contributed by atoms with Crippen LogP contribution < -0.4 is 5.43 Å². The zero-order chi connectivity index (χ0) is 12.8. The highest BCUT2D eigenvalue weighted by atomic mass is 79.9. The summed E-state index contributed by atoms with van der Waals surface area (Å²) in [5.41, 5.74) is 2.80. The van der Waals surface area contributed by atoms with Crippen LogP contribution in [-0.2, 0) is 9.53 Å². The predicted molar refractivity (Wildman–Crippen MR) is 67.5 cm³/mol. The highest BCUT2D eigenvalue weighted by Crippen LogP contribution is 2.19. The third-order valence-corrected chi connectivity index (χ3v) is 2.34. The van der Waals surface area contributed by atoms with Gasteiger partial charge in [0.1, 0.15) is 11.5 Å². The van der Waals surface area contributed by atoms with Gasteiger partial charge < -0.3 is 4.74 Å². The quantitative estimate of drug-likeness (QED) is 0.528. The molecule has 1 rings (SSSR count). The first-order valence-corrected chi connectivity index (χ1v) is 5.76. The molecule has 1 aromatic carbocycles. The third kappa shape index (κ3) is 4.14. The summed E-state index contributed by atoms with van der Waals surface area (Å²) in [6, 6.07) is 4.49. The number of rotatable bonds is 4. The summed E-state index contributed by atoms with van der Waals surface area (Å²) in [4.78, 5) is 11.2. The van der Waals surface area contributed by atoms with E-state index in [0.717, 1.165) is 0 Å². The number of halogens is 2. The highest BCUT2D eigenvalue weighted by Gasteiger charge is 2.07. The van der Waals surface area contributed by atoms with Crippen LogP contribution >= 0.6 is 15.9 Å². The Morgan fingerprint density at radius 1 is 1.59 bits per heavy atom. The molecular formula is C11H12BrFN2O2. The summed E-state index contributed by atoms with van der Waals surface area (Å²) < 4.78 is 18.7. The molecule has 0 bridgehead atoms. The maximum absolute atomic E-state index is 13.4. The lowest BCUT2D eigenvalue weighted by molar-refractivity contribution is -0.135. The molecule has 0 aliphatic rings. The van der Waals surface area contributed by atoms with Crippen LogP contribution in [0, 0.1) is 5.82 Å². The number of hydrazone groups is 1. The maximum atomic E-state index is 13.4. The molecule has 92 valence electrons. The fourth-order valence-electron chi connectivity index (χ4n) is 1.01. The molecule has 0 heterocycles. The lowest BCUT2D eigenvalue weighted by Crippen LogP contribution is -2.15. The third-order valence-electron chi connectivity index (χ3n) is 1.85. The normalized spacial score (nSPS) is 11.2. The van der Waals surface area contributed by atoms with E-state index >= 15 is 0 Å². The molecule has 0 aliphatic heterocycles. The summed E-state index contributed by atoms with van der Waals surface area (Å²) in [6.07, 6.45) is 0. The molecule has 4 nitrogen and oxygen atoms in total. The van der Waals surface area contributed by atoms with Gasteiger partial charge in [0, 0.05) is 4.47 Å². The largest absolute Gasteiger partial charge is 0.461 e. The molecule has 6 heteroatoms. The minimum atomic E-state index is -0.530. The number of benzene rings is 1. The van der Waals surface area contributed by atoms with Crippen molar-refractivity contribution in [3.05, 3.63) is 28.5 Å². The number of anilines is 1. The van der Waals surface area contributed by atoms with Crippen molar-refractivity contribution in [1.29, 1.82) is 0 Å². The second-order valence-electron chi connectivity index (χ2n) is 3.15. The standard InChI is InChI=1S/C11H12BrFN2O2/c1-3-17-11(16)7(2)14-15-10-5-4-8(12)6-9(10)13/h4-6,15H,3H2,1-2H3/b14-7-. The van der Waals surface area contributed by atoms with Crippen molar-refractivity contribution in [2.45, 2.75) is 13.8 Å². The lowest BCUT2D eigenvalue weighted by Gasteiger charge is -2.04. The highest BCUT2D eigenvalue weighted by molar-refractivity contribution is 9.10. The first-order chi connectivity index (χ1) is 8.04. The van der Waals surface area contributed by atoms with Gasteiger partial charge >= 0.3 is 5.97 Å². The Morgan fingerprint density at radius 3 is 2.88 bits per heavy atom. The van der Waals surface area contributed by atoms with E-state index in [1.54, 1.807) is 13.0 Å². The van der Waals surface area contributed by atoms with Crippen LogP contribution in [0.4, 0.5) is 10.1 Å². The Hall–Kier alpha value is -1.43. The predicted octanol–water partition coefficient (Wildman–Crippen LogP) is 2.94. The molecule has 0 spiro atoms. The molecule has 1 N–H and O–H groups in total. The van der Waals surface area contributed by atoms with E-state index in [2.05, 4.69) is 26.5 Å². The number of hydrogen-bond acceptors (Lipinski definition) is 4. The molecule has 0 aromatic heterocycles. The van der Waals surface area contributed by atoms with E-state index in [9.17, 15) is 9.18 Å². The van der Waals surface area contributed by atoms with Crippen LogP contribution in [0.2, 0.25) is 0 Å². The Labute approximate surface area is 107 Å². The number of ether oxygens (including phenoxy) is 1. The molecule has 0 fully saturated rings. The van der Waals surface area contributed by atoms with E-state index in [0.29, 0.717) is 4.47 Å². The monoisotopic (exact) mass is 302 g/mol. The van der Waals surface area contributed by atoms with Crippen molar-refractivity contribution in [1.82, 2.24) is 0 Å². The topological polar surface area (TPSA) is 50.7 Å². The molecule has 0 unspecified atom stereocenters. The van der Waals surface area contributed by atoms with Crippen molar-refractivity contribution in [2.24, 2.45) is 5.10 Å². The van der Waals surface area contributed by atoms with Crippen LogP contribution in [0.1, 0.15) is 13.8 Å². The molecule has 0 radical (unpaired) electrons. The maximum Gasteiger partial charge on any atom is 0.354 e. The molecule has 0 amide bonds. The van der Waals surface area contributed by atoms with Crippen LogP contribution in [0.25, 0.3) is 0 Å². The van der Waals surface area contributed by atoms with Gasteiger partial charge in [-0.05, 0) is 32.0 Å². The summed E-state index contributed by atoms with van der Waals surface area (Å²) in [5, 5.41) is 3.74. The molecule has 0 saturated carbocycles. The molecule has 17 heavy (non-hydrogen) atoms. The SMILES string of the molecule is CCOC(=O)/C(C)=N\Nc1ccc(Br)cc1F. The number of hydrogen-bond donors (Lipinski definition) is 1. The van der Waals surface area contributed by atoms with E-state index in [1.807, 2.05) is 0 Å². The molecule has 1 aromatic rings. The molecular weight excluding hydrogens is 291 g/mol. The van der Waals surface area contributed by atoms with Gasteiger partial charge in [-0.1, -0.05) is 15.9 Å². The summed E-state index contributed by atoms with van der Waals surface area (Å²) in [6.45, 7) is 3.47. The van der Waals surface area contributed by atoms with Crippen molar-refractivity contribution in [3.8, 4) is 0 Å². The average molecular weight is 303 g/mol. The van der Waals surface area contributed by atoms with Crippen molar-refractivity contribution in [3.63, 3.8) is 0 Å². The summed E-state index contributed by atoms with van der Waals surface area (Å²) in [5.74, 6) is -0.989. The van der Waals surface area contributed by atoms with Crippen molar-refractivity contribution < 1.29 is 13.9 Å². The fraction of sp³-hybridized carbons (Fsp3) is 0.273. The van der Waals surface area contributed by atoms with Gasteiger partial charge in [-0.3, -0.25) is 5.43 Å². The number of carbonyl (C=O) groups excluding carboxylic acids is 1. The first kappa shape index (κ1) is 13.6. The van der Waals surface area contributed by atoms with Gasteiger partial charge in [0.25, 0.3) is 0 Å². The molecule has 0 saturated heterocycles.